The second-order valence-electron chi connectivity index (χ2n) is 6.02. The Kier molecular flexibility index (Phi) is 5.34. The molecule has 2 unspecified atom stereocenters. The largest absolute Gasteiger partial charge is 0.314 e. The van der Waals surface area contributed by atoms with E-state index in [1.165, 1.54) is 31.4 Å². The van der Waals surface area contributed by atoms with Crippen LogP contribution < -0.4 is 5.32 Å². The van der Waals surface area contributed by atoms with E-state index in [1.54, 1.807) is 0 Å². The van der Waals surface area contributed by atoms with Gasteiger partial charge in [0.2, 0.25) is 0 Å². The molecule has 2 atom stereocenters. The van der Waals surface area contributed by atoms with Crippen LogP contribution in [-0.4, -0.2) is 36.1 Å². The van der Waals surface area contributed by atoms with Crippen LogP contribution in [0, 0.1) is 5.92 Å². The fourth-order valence-electron chi connectivity index (χ4n) is 3.11. The minimum Gasteiger partial charge on any atom is -0.314 e. The molecule has 1 saturated heterocycles. The van der Waals surface area contributed by atoms with Gasteiger partial charge < -0.3 is 5.32 Å². The van der Waals surface area contributed by atoms with Crippen LogP contribution in [0.25, 0.3) is 0 Å². The first-order valence-electron chi connectivity index (χ1n) is 7.52. The Balaban J connectivity index is 2.16. The maximum atomic E-state index is 4.15. The highest BCUT2D eigenvalue weighted by Crippen LogP contribution is 2.33. The summed E-state index contributed by atoms with van der Waals surface area (Å²) in [5.41, 5.74) is 1.41. The lowest BCUT2D eigenvalue weighted by Crippen LogP contribution is -2.37. The van der Waals surface area contributed by atoms with Gasteiger partial charge in [-0.25, -0.2) is 0 Å². The summed E-state index contributed by atoms with van der Waals surface area (Å²) in [5.74, 6) is 0.692. The molecule has 0 bridgehead atoms. The van der Waals surface area contributed by atoms with Crippen LogP contribution in [-0.2, 0) is 0 Å². The van der Waals surface area contributed by atoms with E-state index in [9.17, 15) is 0 Å². The van der Waals surface area contributed by atoms with Crippen LogP contribution in [0.4, 0.5) is 0 Å². The summed E-state index contributed by atoms with van der Waals surface area (Å²) in [6.07, 6.45) is 7.81. The Bertz CT molecular complexity index is 364. The lowest BCUT2D eigenvalue weighted by Gasteiger charge is -2.33. The Hall–Kier alpha value is -0.930. The first kappa shape index (κ1) is 14.5. The molecule has 0 radical (unpaired) electrons. The molecule has 106 valence electrons. The average molecular weight is 261 g/mol. The van der Waals surface area contributed by atoms with Gasteiger partial charge in [0.1, 0.15) is 0 Å². The molecule has 1 N–H and O–H groups in total. The zero-order valence-corrected chi connectivity index (χ0v) is 12.5. The third-order valence-corrected chi connectivity index (χ3v) is 4.09. The van der Waals surface area contributed by atoms with Crippen molar-refractivity contribution in [2.75, 3.05) is 20.1 Å². The molecule has 1 aliphatic heterocycles. The molecule has 1 fully saturated rings. The Labute approximate surface area is 117 Å². The SMILES string of the molecule is CC(C)NCC1CCCCN(C)C1c1ccncc1. The van der Waals surface area contributed by atoms with Crippen molar-refractivity contribution < 1.29 is 0 Å². The minimum atomic E-state index is 0.525. The molecule has 0 aliphatic carbocycles. The summed E-state index contributed by atoms with van der Waals surface area (Å²) >= 11 is 0. The second-order valence-corrected chi connectivity index (χ2v) is 6.02. The third-order valence-electron chi connectivity index (χ3n) is 4.09. The van der Waals surface area contributed by atoms with Gasteiger partial charge in [-0.05, 0) is 50.0 Å². The van der Waals surface area contributed by atoms with Gasteiger partial charge in [-0.1, -0.05) is 20.3 Å². The van der Waals surface area contributed by atoms with E-state index in [0.29, 0.717) is 18.0 Å². The summed E-state index contributed by atoms with van der Waals surface area (Å²) in [5, 5.41) is 3.62. The van der Waals surface area contributed by atoms with Crippen LogP contribution >= 0.6 is 0 Å². The van der Waals surface area contributed by atoms with E-state index >= 15 is 0 Å². The average Bonchev–Trinajstić information content (AvgIpc) is 2.59. The summed E-state index contributed by atoms with van der Waals surface area (Å²) in [6, 6.07) is 5.44. The molecule has 1 aromatic rings. The topological polar surface area (TPSA) is 28.2 Å². The van der Waals surface area contributed by atoms with Crippen molar-refractivity contribution in [2.24, 2.45) is 5.92 Å². The fraction of sp³-hybridized carbons (Fsp3) is 0.688. The van der Waals surface area contributed by atoms with Gasteiger partial charge in [0, 0.05) is 31.0 Å². The fourth-order valence-corrected chi connectivity index (χ4v) is 3.11. The van der Waals surface area contributed by atoms with Crippen LogP contribution in [0.5, 0.6) is 0 Å². The van der Waals surface area contributed by atoms with Crippen LogP contribution in [0.1, 0.15) is 44.7 Å². The lowest BCUT2D eigenvalue weighted by molar-refractivity contribution is 0.187. The van der Waals surface area contributed by atoms with E-state index in [1.807, 2.05) is 12.4 Å². The summed E-state index contributed by atoms with van der Waals surface area (Å²) in [7, 11) is 2.26. The zero-order chi connectivity index (χ0) is 13.7. The Morgan fingerprint density at radius 3 is 2.74 bits per heavy atom. The molecule has 0 saturated carbocycles. The molecule has 2 heterocycles. The predicted molar refractivity (Wildman–Crippen MR) is 80.1 cm³/mol. The number of hydrogen-bond donors (Lipinski definition) is 1. The molecule has 19 heavy (non-hydrogen) atoms. The minimum absolute atomic E-state index is 0.525. The molecule has 3 nitrogen and oxygen atoms in total. The van der Waals surface area contributed by atoms with Crippen molar-refractivity contribution in [3.63, 3.8) is 0 Å². The van der Waals surface area contributed by atoms with E-state index in [0.717, 1.165) is 6.54 Å². The third kappa shape index (κ3) is 4.02. The van der Waals surface area contributed by atoms with E-state index in [4.69, 9.17) is 0 Å². The molecule has 1 aliphatic rings. The summed E-state index contributed by atoms with van der Waals surface area (Å²) in [6.45, 7) is 6.75. The lowest BCUT2D eigenvalue weighted by atomic mass is 9.89. The number of aromatic nitrogens is 1. The summed E-state index contributed by atoms with van der Waals surface area (Å²) < 4.78 is 0. The van der Waals surface area contributed by atoms with Gasteiger partial charge in [-0.3, -0.25) is 9.88 Å². The van der Waals surface area contributed by atoms with Gasteiger partial charge >= 0.3 is 0 Å². The number of nitrogens with zero attached hydrogens (tertiary/aromatic N) is 2. The van der Waals surface area contributed by atoms with Gasteiger partial charge in [0.05, 0.1) is 0 Å². The van der Waals surface area contributed by atoms with E-state index < -0.39 is 0 Å². The summed E-state index contributed by atoms with van der Waals surface area (Å²) in [4.78, 5) is 6.68. The van der Waals surface area contributed by atoms with Gasteiger partial charge in [0.15, 0.2) is 0 Å². The first-order chi connectivity index (χ1) is 9.18. The van der Waals surface area contributed by atoms with Crippen molar-refractivity contribution in [1.29, 1.82) is 0 Å². The van der Waals surface area contributed by atoms with Gasteiger partial charge in [-0.15, -0.1) is 0 Å². The molecular weight excluding hydrogens is 234 g/mol. The van der Waals surface area contributed by atoms with E-state index in [2.05, 4.69) is 48.2 Å². The highest BCUT2D eigenvalue weighted by atomic mass is 15.1. The second kappa shape index (κ2) is 7.01. The Morgan fingerprint density at radius 2 is 2.05 bits per heavy atom. The van der Waals surface area contributed by atoms with Gasteiger partial charge in [0.25, 0.3) is 0 Å². The zero-order valence-electron chi connectivity index (χ0n) is 12.5. The van der Waals surface area contributed by atoms with Crippen LogP contribution in [0.2, 0.25) is 0 Å². The van der Waals surface area contributed by atoms with Crippen molar-refractivity contribution in [3.05, 3.63) is 30.1 Å². The monoisotopic (exact) mass is 261 g/mol. The maximum Gasteiger partial charge on any atom is 0.0386 e. The smallest absolute Gasteiger partial charge is 0.0386 e. The normalized spacial score (nSPS) is 25.5. The van der Waals surface area contributed by atoms with Gasteiger partial charge in [-0.2, -0.15) is 0 Å². The number of likely N-dealkylation sites (tertiary alicyclic amines) is 1. The molecule has 0 amide bonds. The van der Waals surface area contributed by atoms with Crippen molar-refractivity contribution >= 4 is 0 Å². The van der Waals surface area contributed by atoms with Crippen LogP contribution in [0.15, 0.2) is 24.5 Å². The highest BCUT2D eigenvalue weighted by molar-refractivity contribution is 5.17. The molecule has 0 aromatic carbocycles. The molecular formula is C16H27N3. The number of hydrogen-bond acceptors (Lipinski definition) is 3. The number of pyridine rings is 1. The predicted octanol–water partition coefficient (Wildman–Crippen LogP) is 2.85. The number of nitrogens with one attached hydrogen (secondary N) is 1. The first-order valence-corrected chi connectivity index (χ1v) is 7.52. The van der Waals surface area contributed by atoms with Crippen LogP contribution in [0.3, 0.4) is 0 Å². The van der Waals surface area contributed by atoms with Crippen molar-refractivity contribution in [1.82, 2.24) is 15.2 Å². The molecule has 2 rings (SSSR count). The standard InChI is InChI=1S/C16H27N3/c1-13(2)18-12-15-6-4-5-11-19(3)16(15)14-7-9-17-10-8-14/h7-10,13,15-16,18H,4-6,11-12H2,1-3H3. The number of rotatable bonds is 4. The maximum absolute atomic E-state index is 4.15. The Morgan fingerprint density at radius 1 is 1.32 bits per heavy atom. The molecule has 0 spiro atoms. The highest BCUT2D eigenvalue weighted by Gasteiger charge is 2.28. The molecule has 1 aromatic heterocycles. The quantitative estimate of drug-likeness (QED) is 0.903. The van der Waals surface area contributed by atoms with Crippen molar-refractivity contribution in [3.8, 4) is 0 Å². The molecule has 3 heteroatoms. The van der Waals surface area contributed by atoms with E-state index in [-0.39, 0.29) is 0 Å². The van der Waals surface area contributed by atoms with Crippen molar-refractivity contribution in [2.45, 2.75) is 45.2 Å².